The van der Waals surface area contributed by atoms with Crippen LogP contribution in [0.5, 0.6) is 0 Å². The summed E-state index contributed by atoms with van der Waals surface area (Å²) in [6, 6.07) is 0.333. The third kappa shape index (κ3) is 2.75. The summed E-state index contributed by atoms with van der Waals surface area (Å²) in [5.74, 6) is 0.871. The van der Waals surface area contributed by atoms with E-state index in [1.807, 2.05) is 7.05 Å². The molecular weight excluding hydrogens is 206 g/mol. The van der Waals surface area contributed by atoms with Gasteiger partial charge in [-0.2, -0.15) is 0 Å². The van der Waals surface area contributed by atoms with E-state index in [0.717, 1.165) is 17.3 Å². The van der Waals surface area contributed by atoms with Gasteiger partial charge in [-0.3, -0.25) is 0 Å². The molecule has 1 aromatic rings. The second-order valence-corrected chi connectivity index (χ2v) is 5.49. The highest BCUT2D eigenvalue weighted by Gasteiger charge is 2.18. The van der Waals surface area contributed by atoms with E-state index in [-0.39, 0.29) is 0 Å². The molecule has 0 spiro atoms. The van der Waals surface area contributed by atoms with Crippen molar-refractivity contribution >= 4 is 11.3 Å². The van der Waals surface area contributed by atoms with Crippen LogP contribution < -0.4 is 5.32 Å². The van der Waals surface area contributed by atoms with E-state index in [1.54, 1.807) is 11.3 Å². The topological polar surface area (TPSA) is 37.8 Å². The predicted octanol–water partition coefficient (Wildman–Crippen LogP) is 2.55. The minimum atomic E-state index is 0.333. The molecule has 15 heavy (non-hydrogen) atoms. The Labute approximate surface area is 95.3 Å². The molecule has 1 unspecified atom stereocenters. The van der Waals surface area contributed by atoms with E-state index in [0.29, 0.717) is 6.04 Å². The summed E-state index contributed by atoms with van der Waals surface area (Å²) in [4.78, 5) is 0. The van der Waals surface area contributed by atoms with E-state index in [9.17, 15) is 0 Å². The summed E-state index contributed by atoms with van der Waals surface area (Å²) in [5, 5.41) is 14.0. The van der Waals surface area contributed by atoms with Crippen molar-refractivity contribution in [3.8, 4) is 0 Å². The summed E-state index contributed by atoms with van der Waals surface area (Å²) in [6.07, 6.45) is 6.73. The zero-order chi connectivity index (χ0) is 10.7. The molecule has 0 amide bonds. The lowest BCUT2D eigenvalue weighted by molar-refractivity contribution is 0.542. The first kappa shape index (κ1) is 11.0. The van der Waals surface area contributed by atoms with Crippen LogP contribution in [-0.4, -0.2) is 17.2 Å². The van der Waals surface area contributed by atoms with Crippen molar-refractivity contribution in [3.05, 3.63) is 10.0 Å². The number of hydrogen-bond donors (Lipinski definition) is 1. The average molecular weight is 225 g/mol. The highest BCUT2D eigenvalue weighted by molar-refractivity contribution is 7.11. The fourth-order valence-electron chi connectivity index (χ4n) is 2.11. The van der Waals surface area contributed by atoms with Crippen molar-refractivity contribution in [2.75, 3.05) is 7.05 Å². The van der Waals surface area contributed by atoms with Gasteiger partial charge in [0, 0.05) is 6.42 Å². The van der Waals surface area contributed by atoms with Crippen LogP contribution in [-0.2, 0) is 6.42 Å². The Morgan fingerprint density at radius 1 is 1.40 bits per heavy atom. The third-order valence-corrected chi connectivity index (χ3v) is 4.35. The fourth-order valence-corrected chi connectivity index (χ4v) is 3.13. The molecule has 1 aliphatic rings. The standard InChI is InChI=1S/C11H19N3S/c1-8(12-2)11-14-13-10(15-11)7-9-5-3-4-6-9/h8-9,12H,3-7H2,1-2H3. The van der Waals surface area contributed by atoms with E-state index in [4.69, 9.17) is 0 Å². The molecule has 1 atom stereocenters. The molecule has 1 saturated carbocycles. The van der Waals surface area contributed by atoms with Gasteiger partial charge in [-0.15, -0.1) is 10.2 Å². The maximum absolute atomic E-state index is 4.28. The van der Waals surface area contributed by atoms with E-state index in [2.05, 4.69) is 22.4 Å². The molecule has 1 aromatic heterocycles. The van der Waals surface area contributed by atoms with Crippen LogP contribution in [0, 0.1) is 5.92 Å². The quantitative estimate of drug-likeness (QED) is 0.855. The molecule has 2 rings (SSSR count). The lowest BCUT2D eigenvalue weighted by Crippen LogP contribution is -2.11. The second-order valence-electron chi connectivity index (χ2n) is 4.40. The van der Waals surface area contributed by atoms with Gasteiger partial charge in [0.1, 0.15) is 10.0 Å². The molecule has 0 aromatic carbocycles. The van der Waals surface area contributed by atoms with Crippen molar-refractivity contribution < 1.29 is 0 Å². The number of rotatable bonds is 4. The summed E-state index contributed by atoms with van der Waals surface area (Å²) < 4.78 is 0. The summed E-state index contributed by atoms with van der Waals surface area (Å²) in [6.45, 7) is 2.12. The molecule has 0 radical (unpaired) electrons. The van der Waals surface area contributed by atoms with Gasteiger partial charge >= 0.3 is 0 Å². The van der Waals surface area contributed by atoms with Crippen LogP contribution in [0.2, 0.25) is 0 Å². The minimum Gasteiger partial charge on any atom is -0.311 e. The van der Waals surface area contributed by atoms with Gasteiger partial charge in [-0.1, -0.05) is 37.0 Å². The predicted molar refractivity (Wildman–Crippen MR) is 63.0 cm³/mol. The monoisotopic (exact) mass is 225 g/mol. The third-order valence-electron chi connectivity index (χ3n) is 3.22. The molecule has 4 heteroatoms. The second kappa shape index (κ2) is 5.03. The normalized spacial score (nSPS) is 19.6. The lowest BCUT2D eigenvalue weighted by Gasteiger charge is -2.04. The maximum Gasteiger partial charge on any atom is 0.134 e. The van der Waals surface area contributed by atoms with Crippen LogP contribution in [0.4, 0.5) is 0 Å². The Bertz CT molecular complexity index is 305. The Hall–Kier alpha value is -0.480. The van der Waals surface area contributed by atoms with Gasteiger partial charge < -0.3 is 5.32 Å². The molecule has 3 nitrogen and oxygen atoms in total. The van der Waals surface area contributed by atoms with Crippen molar-refractivity contribution in [3.63, 3.8) is 0 Å². The molecule has 1 N–H and O–H groups in total. The number of nitrogens with zero attached hydrogens (tertiary/aromatic N) is 2. The Morgan fingerprint density at radius 3 is 2.80 bits per heavy atom. The Kier molecular flexibility index (Phi) is 3.70. The first-order valence-electron chi connectivity index (χ1n) is 5.79. The molecule has 0 aliphatic heterocycles. The van der Waals surface area contributed by atoms with E-state index in [1.165, 1.54) is 30.7 Å². The van der Waals surface area contributed by atoms with Gasteiger partial charge in [0.05, 0.1) is 6.04 Å². The van der Waals surface area contributed by atoms with Crippen LogP contribution >= 0.6 is 11.3 Å². The zero-order valence-corrected chi connectivity index (χ0v) is 10.3. The maximum atomic E-state index is 4.28. The number of nitrogens with one attached hydrogen (secondary N) is 1. The Balaban J connectivity index is 1.94. The largest absolute Gasteiger partial charge is 0.311 e. The fraction of sp³-hybridized carbons (Fsp3) is 0.818. The summed E-state index contributed by atoms with van der Waals surface area (Å²) >= 11 is 1.77. The lowest BCUT2D eigenvalue weighted by atomic mass is 10.1. The van der Waals surface area contributed by atoms with Crippen LogP contribution in [0.3, 0.4) is 0 Å². The van der Waals surface area contributed by atoms with Crippen molar-refractivity contribution in [1.29, 1.82) is 0 Å². The SMILES string of the molecule is CNC(C)c1nnc(CC2CCCC2)s1. The molecule has 0 saturated heterocycles. The highest BCUT2D eigenvalue weighted by Crippen LogP contribution is 2.29. The van der Waals surface area contributed by atoms with Crippen molar-refractivity contribution in [2.24, 2.45) is 5.92 Å². The zero-order valence-electron chi connectivity index (χ0n) is 9.49. The smallest absolute Gasteiger partial charge is 0.134 e. The molecule has 1 heterocycles. The number of aromatic nitrogens is 2. The molecule has 1 fully saturated rings. The molecule has 84 valence electrons. The number of hydrogen-bond acceptors (Lipinski definition) is 4. The minimum absolute atomic E-state index is 0.333. The van der Waals surface area contributed by atoms with Gasteiger partial charge in [0.15, 0.2) is 0 Å². The van der Waals surface area contributed by atoms with Gasteiger partial charge in [-0.05, 0) is 19.9 Å². The summed E-state index contributed by atoms with van der Waals surface area (Å²) in [7, 11) is 1.96. The van der Waals surface area contributed by atoms with Crippen LogP contribution in [0.15, 0.2) is 0 Å². The van der Waals surface area contributed by atoms with Crippen LogP contribution in [0.25, 0.3) is 0 Å². The highest BCUT2D eigenvalue weighted by atomic mass is 32.1. The van der Waals surface area contributed by atoms with Gasteiger partial charge in [-0.25, -0.2) is 0 Å². The summed E-state index contributed by atoms with van der Waals surface area (Å²) in [5.41, 5.74) is 0. The average Bonchev–Trinajstić information content (AvgIpc) is 2.88. The van der Waals surface area contributed by atoms with Crippen molar-refractivity contribution in [2.45, 2.75) is 45.1 Å². The van der Waals surface area contributed by atoms with E-state index >= 15 is 0 Å². The first-order chi connectivity index (χ1) is 7.29. The molecule has 0 bridgehead atoms. The van der Waals surface area contributed by atoms with Gasteiger partial charge in [0.25, 0.3) is 0 Å². The van der Waals surface area contributed by atoms with Crippen molar-refractivity contribution in [1.82, 2.24) is 15.5 Å². The Morgan fingerprint density at radius 2 is 2.13 bits per heavy atom. The van der Waals surface area contributed by atoms with Gasteiger partial charge in [0.2, 0.25) is 0 Å². The molecular formula is C11H19N3S. The van der Waals surface area contributed by atoms with Crippen LogP contribution in [0.1, 0.15) is 48.7 Å². The van der Waals surface area contributed by atoms with E-state index < -0.39 is 0 Å². The first-order valence-corrected chi connectivity index (χ1v) is 6.60. The molecule has 1 aliphatic carbocycles.